The van der Waals surface area contributed by atoms with Crippen molar-refractivity contribution in [1.29, 1.82) is 0 Å². The maximum atomic E-state index is 13.1. The van der Waals surface area contributed by atoms with E-state index in [2.05, 4.69) is 129 Å². The standard InChI is InChI=1S/C60H97NO13/c1-3-5-7-9-10-11-12-13-14-15-16-17-18-19-20-21-22-23-24-25-26-27-28-29-30-31-32-33-34-35-36-37-38-40-42-44-52(65)61-48(49(64)43-41-39-8-6-4-2)47-71-59-57(70)55(68)58(51(46-63)73-59)74-60-56(69)54(67)53(66)50(45-62)72-60/h5,7,10-11,13-14,16-17,19-20,22-23,25-26,28-29,31-32,41,43,48-51,53-60,62-64,66-70H,3-4,6,8-9,12,15,18,21,24,27,30,33-40,42,44-47H2,1-2H3,(H,61,65)/b7-5-,11-10-,14-13-,17-16-,20-19-,23-22-,26-25-,29-28-,32-31-,43-41+. The van der Waals surface area contributed by atoms with Crippen molar-refractivity contribution in [3.8, 4) is 0 Å². The number of carbonyl (C=O) groups is 1. The minimum Gasteiger partial charge on any atom is -0.394 e. The lowest BCUT2D eigenvalue weighted by Gasteiger charge is -2.46. The Bertz CT molecular complexity index is 1700. The second-order valence-corrected chi connectivity index (χ2v) is 19.0. The predicted molar refractivity (Wildman–Crippen MR) is 295 cm³/mol. The van der Waals surface area contributed by atoms with Crippen molar-refractivity contribution in [3.63, 3.8) is 0 Å². The van der Waals surface area contributed by atoms with Crippen LogP contribution >= 0.6 is 0 Å². The Morgan fingerprint density at radius 3 is 1.43 bits per heavy atom. The molecule has 2 fully saturated rings. The molecule has 0 aromatic rings. The predicted octanol–water partition coefficient (Wildman–Crippen LogP) is 8.66. The molecule has 12 atom stereocenters. The molecule has 12 unspecified atom stereocenters. The average molecular weight is 1040 g/mol. The summed E-state index contributed by atoms with van der Waals surface area (Å²) in [5.41, 5.74) is 0. The number of carbonyl (C=O) groups excluding carboxylic acids is 1. The lowest BCUT2D eigenvalue weighted by molar-refractivity contribution is -0.359. The van der Waals surface area contributed by atoms with Gasteiger partial charge in [0.15, 0.2) is 12.6 Å². The van der Waals surface area contributed by atoms with Crippen LogP contribution in [0.25, 0.3) is 0 Å². The monoisotopic (exact) mass is 1040 g/mol. The van der Waals surface area contributed by atoms with Gasteiger partial charge < -0.3 is 65.1 Å². The van der Waals surface area contributed by atoms with E-state index in [1.54, 1.807) is 6.08 Å². The molecule has 2 aliphatic heterocycles. The highest BCUT2D eigenvalue weighted by atomic mass is 16.7. The summed E-state index contributed by atoms with van der Waals surface area (Å²) in [5.74, 6) is -0.265. The number of hydrogen-bond donors (Lipinski definition) is 9. The molecule has 2 saturated heterocycles. The first kappa shape index (κ1) is 66.5. The Morgan fingerprint density at radius 2 is 0.932 bits per heavy atom. The van der Waals surface area contributed by atoms with Gasteiger partial charge in [0.25, 0.3) is 0 Å². The zero-order chi connectivity index (χ0) is 53.9. The molecule has 0 aromatic carbocycles. The van der Waals surface area contributed by atoms with Crippen molar-refractivity contribution < 1.29 is 64.6 Å². The van der Waals surface area contributed by atoms with Crippen LogP contribution in [0.1, 0.15) is 155 Å². The number of aliphatic hydroxyl groups excluding tert-OH is 8. The number of rotatable bonds is 41. The molecule has 0 aromatic heterocycles. The minimum atomic E-state index is -1.79. The van der Waals surface area contributed by atoms with Crippen molar-refractivity contribution in [2.75, 3.05) is 19.8 Å². The third-order valence-corrected chi connectivity index (χ3v) is 12.7. The van der Waals surface area contributed by atoms with Crippen LogP contribution in [0.2, 0.25) is 0 Å². The molecular formula is C60H97NO13. The fourth-order valence-corrected chi connectivity index (χ4v) is 8.16. The summed E-state index contributed by atoms with van der Waals surface area (Å²) in [7, 11) is 0. The highest BCUT2D eigenvalue weighted by Gasteiger charge is 2.51. The number of ether oxygens (including phenoxy) is 4. The molecule has 0 aliphatic carbocycles. The molecule has 0 saturated carbocycles. The Balaban J connectivity index is 1.60. The van der Waals surface area contributed by atoms with Gasteiger partial charge in [-0.05, 0) is 89.9 Å². The van der Waals surface area contributed by atoms with E-state index in [1.807, 2.05) is 6.08 Å². The molecule has 2 aliphatic rings. The van der Waals surface area contributed by atoms with Gasteiger partial charge in [-0.1, -0.05) is 180 Å². The van der Waals surface area contributed by atoms with Crippen LogP contribution in [-0.2, 0) is 23.7 Å². The molecule has 0 spiro atoms. The van der Waals surface area contributed by atoms with Gasteiger partial charge in [0.2, 0.25) is 5.91 Å². The summed E-state index contributed by atoms with van der Waals surface area (Å²) in [6.45, 7) is 2.51. The second-order valence-electron chi connectivity index (χ2n) is 19.0. The number of hydrogen-bond acceptors (Lipinski definition) is 13. The lowest BCUT2D eigenvalue weighted by Crippen LogP contribution is -2.65. The van der Waals surface area contributed by atoms with Gasteiger partial charge in [0.05, 0.1) is 32.0 Å². The molecule has 420 valence electrons. The second kappa shape index (κ2) is 44.5. The lowest BCUT2D eigenvalue weighted by atomic mass is 9.97. The third-order valence-electron chi connectivity index (χ3n) is 12.7. The number of allylic oxidation sites excluding steroid dienone is 19. The van der Waals surface area contributed by atoms with Crippen molar-refractivity contribution in [2.45, 2.75) is 229 Å². The average Bonchev–Trinajstić information content (AvgIpc) is 3.40. The molecule has 9 N–H and O–H groups in total. The molecule has 0 bridgehead atoms. The van der Waals surface area contributed by atoms with E-state index in [9.17, 15) is 45.6 Å². The maximum Gasteiger partial charge on any atom is 0.220 e. The van der Waals surface area contributed by atoms with Crippen LogP contribution in [0.3, 0.4) is 0 Å². The molecule has 14 nitrogen and oxygen atoms in total. The molecule has 14 heteroatoms. The van der Waals surface area contributed by atoms with Gasteiger partial charge >= 0.3 is 0 Å². The topological polar surface area (TPSA) is 228 Å². The summed E-state index contributed by atoms with van der Waals surface area (Å²) in [4.78, 5) is 13.1. The summed E-state index contributed by atoms with van der Waals surface area (Å²) >= 11 is 0. The van der Waals surface area contributed by atoms with E-state index >= 15 is 0 Å². The largest absolute Gasteiger partial charge is 0.394 e. The van der Waals surface area contributed by atoms with Crippen LogP contribution in [0, 0.1) is 0 Å². The van der Waals surface area contributed by atoms with Crippen LogP contribution in [0.5, 0.6) is 0 Å². The van der Waals surface area contributed by atoms with Crippen LogP contribution in [-0.4, -0.2) is 140 Å². The van der Waals surface area contributed by atoms with Crippen LogP contribution < -0.4 is 5.32 Å². The summed E-state index contributed by atoms with van der Waals surface area (Å²) in [6.07, 6.45) is 47.4. The Morgan fingerprint density at radius 1 is 0.500 bits per heavy atom. The van der Waals surface area contributed by atoms with E-state index in [-0.39, 0.29) is 18.9 Å². The van der Waals surface area contributed by atoms with Crippen LogP contribution in [0.15, 0.2) is 122 Å². The molecular weight excluding hydrogens is 943 g/mol. The van der Waals surface area contributed by atoms with Gasteiger partial charge in [-0.3, -0.25) is 4.79 Å². The van der Waals surface area contributed by atoms with Gasteiger partial charge in [-0.2, -0.15) is 0 Å². The highest BCUT2D eigenvalue weighted by molar-refractivity contribution is 5.76. The summed E-state index contributed by atoms with van der Waals surface area (Å²) < 4.78 is 22.6. The quantitative estimate of drug-likeness (QED) is 0.0207. The first-order valence-electron chi connectivity index (χ1n) is 27.8. The summed E-state index contributed by atoms with van der Waals surface area (Å²) in [6, 6.07) is -0.925. The van der Waals surface area contributed by atoms with Gasteiger partial charge in [-0.15, -0.1) is 0 Å². The number of amides is 1. The van der Waals surface area contributed by atoms with Crippen molar-refractivity contribution in [3.05, 3.63) is 122 Å². The number of aliphatic hydroxyl groups is 8. The van der Waals surface area contributed by atoms with Gasteiger partial charge in [-0.25, -0.2) is 0 Å². The van der Waals surface area contributed by atoms with E-state index in [1.165, 1.54) is 0 Å². The Hall–Kier alpha value is -3.61. The van der Waals surface area contributed by atoms with Gasteiger partial charge in [0, 0.05) is 6.42 Å². The smallest absolute Gasteiger partial charge is 0.220 e. The number of unbranched alkanes of at least 4 members (excludes halogenated alkanes) is 10. The van der Waals surface area contributed by atoms with Crippen molar-refractivity contribution in [2.24, 2.45) is 0 Å². The van der Waals surface area contributed by atoms with Gasteiger partial charge in [0.1, 0.15) is 48.8 Å². The van der Waals surface area contributed by atoms with E-state index < -0.39 is 86.8 Å². The fraction of sp³-hybridized carbons (Fsp3) is 0.650. The summed E-state index contributed by atoms with van der Waals surface area (Å²) in [5, 5.41) is 86.3. The zero-order valence-corrected chi connectivity index (χ0v) is 44.8. The normalized spacial score (nSPS) is 26.2. The fourth-order valence-electron chi connectivity index (χ4n) is 8.16. The Kier molecular flexibility index (Phi) is 40.0. The zero-order valence-electron chi connectivity index (χ0n) is 44.8. The molecule has 2 rings (SSSR count). The molecule has 1 amide bonds. The minimum absolute atomic E-state index is 0.258. The molecule has 0 radical (unpaired) electrons. The maximum absolute atomic E-state index is 13.1. The molecule has 2 heterocycles. The van der Waals surface area contributed by atoms with Crippen molar-refractivity contribution in [1.82, 2.24) is 5.32 Å². The first-order valence-corrected chi connectivity index (χ1v) is 27.8. The SMILES string of the molecule is CC/C=C\C/C=C\C/C=C\C/C=C\C/C=C\C/C=C\C/C=C\C/C=C\C/C=C\CCCCCCCCCC(=O)NC(COC1OC(CO)C(OC2OC(CO)C(O)C(O)C2O)C(O)C1O)C(O)/C=C/CCCCC. The first-order chi connectivity index (χ1) is 36.1. The van der Waals surface area contributed by atoms with Crippen LogP contribution in [0.4, 0.5) is 0 Å². The Labute approximate surface area is 444 Å². The third kappa shape index (κ3) is 30.2. The van der Waals surface area contributed by atoms with E-state index in [0.29, 0.717) is 6.42 Å². The van der Waals surface area contributed by atoms with E-state index in [4.69, 9.17) is 18.9 Å². The van der Waals surface area contributed by atoms with E-state index in [0.717, 1.165) is 128 Å². The number of nitrogens with one attached hydrogen (secondary N) is 1. The van der Waals surface area contributed by atoms with Crippen molar-refractivity contribution >= 4 is 5.91 Å². The highest BCUT2D eigenvalue weighted by Crippen LogP contribution is 2.30. The molecule has 74 heavy (non-hydrogen) atoms.